The summed E-state index contributed by atoms with van der Waals surface area (Å²) in [6, 6.07) is 8.84. The Morgan fingerprint density at radius 3 is 2.43 bits per heavy atom. The number of nitrogens with zero attached hydrogens (tertiary/aromatic N) is 2. The summed E-state index contributed by atoms with van der Waals surface area (Å²) in [4.78, 5) is 4.68. The fourth-order valence-electron chi connectivity index (χ4n) is 3.21. The molecule has 1 fully saturated rings. The summed E-state index contributed by atoms with van der Waals surface area (Å²) in [5.74, 6) is 2.30. The summed E-state index contributed by atoms with van der Waals surface area (Å²) in [5.41, 5.74) is 3.97. The topological polar surface area (TPSA) is 29.9 Å². The molecule has 2 heterocycles. The summed E-state index contributed by atoms with van der Waals surface area (Å²) >= 11 is 0. The van der Waals surface area contributed by atoms with E-state index in [4.69, 9.17) is 0 Å². The molecule has 0 unspecified atom stereocenters. The number of piperidine rings is 1. The monoisotopic (exact) mass is 283 g/mol. The van der Waals surface area contributed by atoms with Crippen LogP contribution in [0.4, 0.5) is 0 Å². The van der Waals surface area contributed by atoms with Crippen LogP contribution in [0.1, 0.15) is 49.8 Å². The third-order valence-corrected chi connectivity index (χ3v) is 4.62. The third-order valence-electron chi connectivity index (χ3n) is 4.62. The molecule has 3 heteroatoms. The zero-order chi connectivity index (χ0) is 14.8. The molecule has 0 spiro atoms. The van der Waals surface area contributed by atoms with Crippen molar-refractivity contribution >= 4 is 0 Å². The summed E-state index contributed by atoms with van der Waals surface area (Å²) in [7, 11) is 2.15. The molecule has 1 aromatic carbocycles. The lowest BCUT2D eigenvalue weighted by Crippen LogP contribution is -2.27. The van der Waals surface area contributed by atoms with E-state index in [-0.39, 0.29) is 0 Å². The molecule has 1 N–H and O–H groups in total. The molecule has 112 valence electrons. The van der Waals surface area contributed by atoms with Crippen molar-refractivity contribution in [3.8, 4) is 11.4 Å². The van der Waals surface area contributed by atoms with Crippen LogP contribution < -0.4 is 5.32 Å². The first-order chi connectivity index (χ1) is 10.2. The van der Waals surface area contributed by atoms with E-state index < -0.39 is 0 Å². The summed E-state index contributed by atoms with van der Waals surface area (Å²) in [5, 5.41) is 3.43. The van der Waals surface area contributed by atoms with E-state index in [1.54, 1.807) is 0 Å². The van der Waals surface area contributed by atoms with E-state index in [0.29, 0.717) is 11.8 Å². The minimum atomic E-state index is 0.575. The van der Waals surface area contributed by atoms with Crippen LogP contribution in [-0.4, -0.2) is 22.6 Å². The van der Waals surface area contributed by atoms with Crippen molar-refractivity contribution in [1.82, 2.24) is 14.9 Å². The maximum absolute atomic E-state index is 4.68. The van der Waals surface area contributed by atoms with Crippen LogP contribution >= 0.6 is 0 Å². The molecule has 21 heavy (non-hydrogen) atoms. The quantitative estimate of drug-likeness (QED) is 0.931. The number of hydrogen-bond donors (Lipinski definition) is 1. The Kier molecular flexibility index (Phi) is 4.11. The largest absolute Gasteiger partial charge is 0.331 e. The fraction of sp³-hybridized carbons (Fsp3) is 0.500. The van der Waals surface area contributed by atoms with E-state index in [1.807, 2.05) is 0 Å². The summed E-state index contributed by atoms with van der Waals surface area (Å²) in [6.07, 6.45) is 4.50. The predicted molar refractivity (Wildman–Crippen MR) is 87.6 cm³/mol. The average Bonchev–Trinajstić information content (AvgIpc) is 2.90. The Morgan fingerprint density at radius 2 is 1.81 bits per heavy atom. The predicted octanol–water partition coefficient (Wildman–Crippen LogP) is 3.68. The molecule has 0 atom stereocenters. The van der Waals surface area contributed by atoms with E-state index in [0.717, 1.165) is 18.9 Å². The van der Waals surface area contributed by atoms with Crippen molar-refractivity contribution in [3.05, 3.63) is 41.7 Å². The normalized spacial score (nSPS) is 16.6. The number of benzene rings is 1. The standard InChI is InChI=1S/C18H25N3/c1-13(2)14-4-6-16(7-5-14)18-20-12-17(21(18)3)15-8-10-19-11-9-15/h4-7,12-13,15,19H,8-11H2,1-3H3. The second kappa shape index (κ2) is 6.02. The highest BCUT2D eigenvalue weighted by atomic mass is 15.1. The Balaban J connectivity index is 1.87. The van der Waals surface area contributed by atoms with Crippen LogP contribution in [0.5, 0.6) is 0 Å². The third kappa shape index (κ3) is 2.88. The Bertz CT molecular complexity index is 589. The summed E-state index contributed by atoms with van der Waals surface area (Å²) in [6.45, 7) is 6.69. The maximum Gasteiger partial charge on any atom is 0.139 e. The number of nitrogens with one attached hydrogen (secondary N) is 1. The van der Waals surface area contributed by atoms with Crippen LogP contribution in [0.3, 0.4) is 0 Å². The molecule has 0 radical (unpaired) electrons. The minimum absolute atomic E-state index is 0.575. The van der Waals surface area contributed by atoms with E-state index in [1.165, 1.54) is 29.7 Å². The summed E-state index contributed by atoms with van der Waals surface area (Å²) < 4.78 is 2.28. The van der Waals surface area contributed by atoms with Crippen molar-refractivity contribution in [2.75, 3.05) is 13.1 Å². The van der Waals surface area contributed by atoms with E-state index in [2.05, 4.69) is 66.2 Å². The smallest absolute Gasteiger partial charge is 0.139 e. The molecule has 1 aliphatic heterocycles. The fourth-order valence-corrected chi connectivity index (χ4v) is 3.21. The molecule has 0 amide bonds. The molecule has 1 aliphatic rings. The molecule has 3 rings (SSSR count). The first-order valence-corrected chi connectivity index (χ1v) is 7.99. The minimum Gasteiger partial charge on any atom is -0.331 e. The van der Waals surface area contributed by atoms with Crippen molar-refractivity contribution in [1.29, 1.82) is 0 Å². The number of rotatable bonds is 3. The van der Waals surface area contributed by atoms with Gasteiger partial charge < -0.3 is 9.88 Å². The first kappa shape index (κ1) is 14.3. The van der Waals surface area contributed by atoms with Crippen molar-refractivity contribution < 1.29 is 0 Å². The molecule has 2 aromatic rings. The van der Waals surface area contributed by atoms with Crippen LogP contribution in [0.15, 0.2) is 30.5 Å². The zero-order valence-corrected chi connectivity index (χ0v) is 13.3. The van der Waals surface area contributed by atoms with Crippen LogP contribution in [-0.2, 0) is 7.05 Å². The van der Waals surface area contributed by atoms with Gasteiger partial charge in [-0.15, -0.1) is 0 Å². The highest BCUT2D eigenvalue weighted by Crippen LogP contribution is 2.29. The zero-order valence-electron chi connectivity index (χ0n) is 13.3. The van der Waals surface area contributed by atoms with Gasteiger partial charge in [0.2, 0.25) is 0 Å². The van der Waals surface area contributed by atoms with Gasteiger partial charge in [-0.25, -0.2) is 4.98 Å². The van der Waals surface area contributed by atoms with Gasteiger partial charge in [0.25, 0.3) is 0 Å². The highest BCUT2D eigenvalue weighted by molar-refractivity contribution is 5.57. The van der Waals surface area contributed by atoms with Crippen LogP contribution in [0, 0.1) is 0 Å². The van der Waals surface area contributed by atoms with Gasteiger partial charge >= 0.3 is 0 Å². The van der Waals surface area contributed by atoms with Gasteiger partial charge in [-0.2, -0.15) is 0 Å². The second-order valence-corrected chi connectivity index (χ2v) is 6.37. The Hall–Kier alpha value is -1.61. The second-order valence-electron chi connectivity index (χ2n) is 6.37. The molecular formula is C18H25N3. The maximum atomic E-state index is 4.68. The number of imidazole rings is 1. The molecule has 0 bridgehead atoms. The van der Waals surface area contributed by atoms with Gasteiger partial charge in [0, 0.05) is 30.4 Å². The molecule has 1 saturated heterocycles. The van der Waals surface area contributed by atoms with Crippen molar-refractivity contribution in [2.24, 2.45) is 7.05 Å². The van der Waals surface area contributed by atoms with Gasteiger partial charge in [0.1, 0.15) is 5.82 Å². The number of hydrogen-bond acceptors (Lipinski definition) is 2. The molecule has 1 aromatic heterocycles. The highest BCUT2D eigenvalue weighted by Gasteiger charge is 2.20. The Labute approximate surface area is 127 Å². The average molecular weight is 283 g/mol. The van der Waals surface area contributed by atoms with Gasteiger partial charge in [-0.1, -0.05) is 38.1 Å². The van der Waals surface area contributed by atoms with Crippen LogP contribution in [0.2, 0.25) is 0 Å². The van der Waals surface area contributed by atoms with Crippen molar-refractivity contribution in [3.63, 3.8) is 0 Å². The first-order valence-electron chi connectivity index (χ1n) is 7.99. The molecular weight excluding hydrogens is 258 g/mol. The van der Waals surface area contributed by atoms with Gasteiger partial charge in [0.15, 0.2) is 0 Å². The van der Waals surface area contributed by atoms with Crippen molar-refractivity contribution in [2.45, 2.75) is 38.5 Å². The van der Waals surface area contributed by atoms with Gasteiger partial charge in [-0.3, -0.25) is 0 Å². The lowest BCUT2D eigenvalue weighted by atomic mass is 9.95. The molecule has 0 saturated carbocycles. The van der Waals surface area contributed by atoms with Gasteiger partial charge in [0.05, 0.1) is 0 Å². The molecule has 3 nitrogen and oxygen atoms in total. The van der Waals surface area contributed by atoms with E-state index in [9.17, 15) is 0 Å². The Morgan fingerprint density at radius 1 is 1.14 bits per heavy atom. The lowest BCUT2D eigenvalue weighted by molar-refractivity contribution is 0.446. The molecule has 0 aliphatic carbocycles. The lowest BCUT2D eigenvalue weighted by Gasteiger charge is -2.23. The SMILES string of the molecule is CC(C)c1ccc(-c2ncc(C3CCNCC3)n2C)cc1. The van der Waals surface area contributed by atoms with Gasteiger partial charge in [-0.05, 0) is 37.4 Å². The number of aromatic nitrogens is 2. The van der Waals surface area contributed by atoms with Crippen LogP contribution in [0.25, 0.3) is 11.4 Å². The van der Waals surface area contributed by atoms with E-state index >= 15 is 0 Å².